The molecule has 0 aromatic carbocycles. The van der Waals surface area contributed by atoms with E-state index in [0.29, 0.717) is 5.92 Å². The van der Waals surface area contributed by atoms with Crippen molar-refractivity contribution in [3.8, 4) is 11.1 Å². The third kappa shape index (κ3) is 5.79. The van der Waals surface area contributed by atoms with Gasteiger partial charge in [0, 0.05) is 29.6 Å². The van der Waals surface area contributed by atoms with Gasteiger partial charge in [-0.2, -0.15) is 0 Å². The summed E-state index contributed by atoms with van der Waals surface area (Å²) in [6.45, 7) is 1.77. The Balaban J connectivity index is 1.74. The van der Waals surface area contributed by atoms with E-state index in [-0.39, 0.29) is 18.1 Å². The van der Waals surface area contributed by atoms with E-state index in [0.717, 1.165) is 23.2 Å². The topological polar surface area (TPSA) is 122 Å². The van der Waals surface area contributed by atoms with Crippen molar-refractivity contribution in [1.82, 2.24) is 20.7 Å². The lowest BCUT2D eigenvalue weighted by Gasteiger charge is -2.07. The van der Waals surface area contributed by atoms with Gasteiger partial charge in [-0.15, -0.1) is 0 Å². The largest absolute Gasteiger partial charge is 0.306 e. The van der Waals surface area contributed by atoms with Gasteiger partial charge in [-0.25, -0.2) is 5.84 Å². The van der Waals surface area contributed by atoms with Crippen LogP contribution in [0.1, 0.15) is 48.3 Å². The van der Waals surface area contributed by atoms with Crippen molar-refractivity contribution < 1.29 is 9.59 Å². The van der Waals surface area contributed by atoms with Gasteiger partial charge >= 0.3 is 0 Å². The third-order valence-electron chi connectivity index (χ3n) is 4.41. The first kappa shape index (κ1) is 20.3. The maximum Gasteiger partial charge on any atom is 0.275 e. The fourth-order valence-electron chi connectivity index (χ4n) is 2.68. The quantitative estimate of drug-likeness (QED) is 0.219. The summed E-state index contributed by atoms with van der Waals surface area (Å²) in [5, 5.41) is 2.68. The Morgan fingerprint density at radius 3 is 2.72 bits per heavy atom. The molecule has 0 spiro atoms. The zero-order valence-electron chi connectivity index (χ0n) is 16.3. The van der Waals surface area contributed by atoms with E-state index in [4.69, 9.17) is 5.84 Å². The summed E-state index contributed by atoms with van der Waals surface area (Å²) in [5.74, 6) is 5.06. The van der Waals surface area contributed by atoms with Crippen LogP contribution in [0.2, 0.25) is 0 Å². The SMILES string of the molecule is CC/C=C\C(=NCC(=O)NN)NC(=O)c1cc(-c2ccc(C3CC3)nc2)ccn1. The Kier molecular flexibility index (Phi) is 6.80. The highest BCUT2D eigenvalue weighted by Crippen LogP contribution is 2.39. The van der Waals surface area contributed by atoms with E-state index in [9.17, 15) is 9.59 Å². The number of carbonyl (C=O) groups is 2. The maximum atomic E-state index is 12.6. The highest BCUT2D eigenvalue weighted by molar-refractivity contribution is 6.10. The van der Waals surface area contributed by atoms with Gasteiger partial charge in [0.25, 0.3) is 11.8 Å². The van der Waals surface area contributed by atoms with Gasteiger partial charge < -0.3 is 5.32 Å². The number of hydrazine groups is 1. The Labute approximate surface area is 169 Å². The number of nitrogens with one attached hydrogen (secondary N) is 2. The lowest BCUT2D eigenvalue weighted by Crippen LogP contribution is -2.34. The average Bonchev–Trinajstić information content (AvgIpc) is 3.61. The third-order valence-corrected chi connectivity index (χ3v) is 4.41. The lowest BCUT2D eigenvalue weighted by atomic mass is 10.1. The van der Waals surface area contributed by atoms with Gasteiger partial charge in [-0.3, -0.25) is 30.0 Å². The highest BCUT2D eigenvalue weighted by atomic mass is 16.2. The predicted octanol–water partition coefficient (Wildman–Crippen LogP) is 2.11. The molecule has 0 radical (unpaired) electrons. The lowest BCUT2D eigenvalue weighted by molar-refractivity contribution is -0.119. The van der Waals surface area contributed by atoms with E-state index in [1.807, 2.05) is 42.8 Å². The summed E-state index contributed by atoms with van der Waals surface area (Å²) in [6, 6.07) is 7.59. The van der Waals surface area contributed by atoms with E-state index >= 15 is 0 Å². The minimum atomic E-state index is -0.455. The molecular formula is C21H24N6O2. The highest BCUT2D eigenvalue weighted by Gasteiger charge is 2.24. The Morgan fingerprint density at radius 1 is 1.24 bits per heavy atom. The number of nitrogens with zero attached hydrogens (tertiary/aromatic N) is 3. The first-order chi connectivity index (χ1) is 14.1. The van der Waals surface area contributed by atoms with Crippen LogP contribution in [0.5, 0.6) is 0 Å². The summed E-state index contributed by atoms with van der Waals surface area (Å²) in [5.41, 5.74) is 5.14. The zero-order valence-corrected chi connectivity index (χ0v) is 16.3. The molecule has 1 aliphatic rings. The van der Waals surface area contributed by atoms with Gasteiger partial charge in [0.15, 0.2) is 0 Å². The second kappa shape index (κ2) is 9.70. The molecule has 2 amide bonds. The number of aromatic nitrogens is 2. The van der Waals surface area contributed by atoms with Crippen molar-refractivity contribution >= 4 is 17.6 Å². The molecule has 0 atom stereocenters. The number of amides is 2. The van der Waals surface area contributed by atoms with Crippen LogP contribution in [0.15, 0.2) is 53.8 Å². The smallest absolute Gasteiger partial charge is 0.275 e. The van der Waals surface area contributed by atoms with Crippen molar-refractivity contribution in [2.75, 3.05) is 6.54 Å². The van der Waals surface area contributed by atoms with Gasteiger partial charge in [-0.1, -0.05) is 19.1 Å². The van der Waals surface area contributed by atoms with Crippen LogP contribution in [-0.2, 0) is 4.79 Å². The molecule has 2 heterocycles. The molecule has 0 aliphatic heterocycles. The minimum absolute atomic E-state index is 0.188. The number of nitrogens with two attached hydrogens (primary N) is 1. The van der Waals surface area contributed by atoms with Crippen LogP contribution in [0, 0.1) is 0 Å². The van der Waals surface area contributed by atoms with E-state index in [1.54, 1.807) is 18.3 Å². The summed E-state index contributed by atoms with van der Waals surface area (Å²) in [4.78, 5) is 36.7. The number of pyridine rings is 2. The number of hydrogen-bond acceptors (Lipinski definition) is 6. The normalized spacial score (nSPS) is 14.1. The molecule has 8 heteroatoms. The number of hydrogen-bond donors (Lipinski definition) is 3. The average molecular weight is 392 g/mol. The summed E-state index contributed by atoms with van der Waals surface area (Å²) >= 11 is 0. The van der Waals surface area contributed by atoms with Crippen LogP contribution in [0.4, 0.5) is 0 Å². The second-order valence-electron chi connectivity index (χ2n) is 6.71. The molecule has 150 valence electrons. The van der Waals surface area contributed by atoms with Gasteiger partial charge in [0.2, 0.25) is 0 Å². The van der Waals surface area contributed by atoms with Crippen molar-refractivity contribution in [1.29, 1.82) is 0 Å². The monoisotopic (exact) mass is 392 g/mol. The number of aliphatic imine (C=N–C) groups is 1. The molecular weight excluding hydrogens is 368 g/mol. The van der Waals surface area contributed by atoms with Gasteiger partial charge in [0.05, 0.1) is 0 Å². The van der Waals surface area contributed by atoms with Gasteiger partial charge in [0.1, 0.15) is 18.1 Å². The zero-order chi connectivity index (χ0) is 20.6. The molecule has 29 heavy (non-hydrogen) atoms. The molecule has 1 aliphatic carbocycles. The minimum Gasteiger partial charge on any atom is -0.306 e. The standard InChI is InChI=1S/C21H24N6O2/c1-2-3-4-19(25-13-20(28)27-22)26-21(29)18-11-15(9-10-23-18)16-7-8-17(24-12-16)14-5-6-14/h3-4,7-12,14H,2,5-6,13,22H2,1H3,(H,27,28)(H,25,26,29)/b4-3-. The van der Waals surface area contributed by atoms with E-state index in [1.165, 1.54) is 12.8 Å². The number of allylic oxidation sites excluding steroid dienone is 1. The summed E-state index contributed by atoms with van der Waals surface area (Å²) in [6.07, 6.45) is 10.1. The van der Waals surface area contributed by atoms with Crippen LogP contribution in [0.3, 0.4) is 0 Å². The summed E-state index contributed by atoms with van der Waals surface area (Å²) < 4.78 is 0. The van der Waals surface area contributed by atoms with Gasteiger partial charge in [-0.05, 0) is 49.1 Å². The molecule has 4 N–H and O–H groups in total. The van der Waals surface area contributed by atoms with Crippen molar-refractivity contribution in [3.05, 3.63) is 60.2 Å². The Bertz CT molecular complexity index is 932. The second-order valence-corrected chi connectivity index (χ2v) is 6.71. The Morgan fingerprint density at radius 2 is 2.07 bits per heavy atom. The summed E-state index contributed by atoms with van der Waals surface area (Å²) in [7, 11) is 0. The number of rotatable bonds is 7. The van der Waals surface area contributed by atoms with Crippen molar-refractivity contribution in [3.63, 3.8) is 0 Å². The Hall–Kier alpha value is -3.39. The number of amidine groups is 1. The molecule has 1 fully saturated rings. The predicted molar refractivity (Wildman–Crippen MR) is 111 cm³/mol. The molecule has 0 bridgehead atoms. The fraction of sp³-hybridized carbons (Fsp3) is 0.286. The first-order valence-electron chi connectivity index (χ1n) is 9.55. The number of carbonyl (C=O) groups excluding carboxylic acids is 2. The first-order valence-corrected chi connectivity index (χ1v) is 9.55. The molecule has 8 nitrogen and oxygen atoms in total. The molecule has 3 rings (SSSR count). The van der Waals surface area contributed by atoms with Crippen LogP contribution in [-0.4, -0.2) is 34.2 Å². The fourth-order valence-corrected chi connectivity index (χ4v) is 2.68. The molecule has 1 saturated carbocycles. The van der Waals surface area contributed by atoms with E-state index in [2.05, 4.69) is 20.3 Å². The van der Waals surface area contributed by atoms with Crippen LogP contribution < -0.4 is 16.6 Å². The van der Waals surface area contributed by atoms with E-state index < -0.39 is 11.8 Å². The molecule has 2 aromatic heterocycles. The van der Waals surface area contributed by atoms with Crippen LogP contribution in [0.25, 0.3) is 11.1 Å². The van der Waals surface area contributed by atoms with Crippen molar-refractivity contribution in [2.24, 2.45) is 10.8 Å². The molecule has 2 aromatic rings. The van der Waals surface area contributed by atoms with Crippen LogP contribution >= 0.6 is 0 Å². The maximum absolute atomic E-state index is 12.6. The molecule has 0 unspecified atom stereocenters. The van der Waals surface area contributed by atoms with Crippen molar-refractivity contribution in [2.45, 2.75) is 32.1 Å². The molecule has 0 saturated heterocycles.